The fraction of sp³-hybridized carbons (Fsp3) is 0.364. The highest BCUT2D eigenvalue weighted by Crippen LogP contribution is 2.32. The predicted molar refractivity (Wildman–Crippen MR) is 105 cm³/mol. The van der Waals surface area contributed by atoms with Gasteiger partial charge in [-0.05, 0) is 36.9 Å². The molecule has 4 nitrogen and oxygen atoms in total. The van der Waals surface area contributed by atoms with Crippen LogP contribution in [0.15, 0.2) is 48.5 Å². The van der Waals surface area contributed by atoms with Crippen LogP contribution < -0.4 is 9.47 Å². The van der Waals surface area contributed by atoms with Gasteiger partial charge < -0.3 is 14.4 Å². The summed E-state index contributed by atoms with van der Waals surface area (Å²) < 4.78 is 10.9. The van der Waals surface area contributed by atoms with E-state index in [1.54, 1.807) is 14.2 Å². The molecule has 2 aromatic rings. The molecular formula is C22H26N2O2. The Balaban J connectivity index is 1.94. The molecule has 1 heterocycles. The van der Waals surface area contributed by atoms with Gasteiger partial charge in [0, 0.05) is 31.7 Å². The summed E-state index contributed by atoms with van der Waals surface area (Å²) in [5, 5.41) is 0. The van der Waals surface area contributed by atoms with E-state index in [9.17, 15) is 0 Å². The highest BCUT2D eigenvalue weighted by Gasteiger charge is 2.23. The van der Waals surface area contributed by atoms with E-state index in [1.807, 2.05) is 42.5 Å². The summed E-state index contributed by atoms with van der Waals surface area (Å²) >= 11 is 0. The van der Waals surface area contributed by atoms with Crippen LogP contribution in [0.4, 0.5) is 0 Å². The third-order valence-electron chi connectivity index (χ3n) is 4.75. The second-order valence-electron chi connectivity index (χ2n) is 6.49. The molecule has 0 amide bonds. The van der Waals surface area contributed by atoms with E-state index < -0.39 is 0 Å². The largest absolute Gasteiger partial charge is 0.493 e. The zero-order valence-electron chi connectivity index (χ0n) is 15.7. The lowest BCUT2D eigenvalue weighted by Gasteiger charge is -2.36. The number of benzene rings is 2. The monoisotopic (exact) mass is 350 g/mol. The molecule has 1 aliphatic rings. The van der Waals surface area contributed by atoms with Crippen molar-refractivity contribution in [3.05, 3.63) is 59.7 Å². The third-order valence-corrected chi connectivity index (χ3v) is 4.75. The third kappa shape index (κ3) is 4.37. The zero-order chi connectivity index (χ0) is 18.4. The minimum atomic E-state index is 0.0312. The fourth-order valence-corrected chi connectivity index (χ4v) is 3.16. The molecule has 0 radical (unpaired) electrons. The first-order valence-corrected chi connectivity index (χ1v) is 8.92. The average Bonchev–Trinajstić information content (AvgIpc) is 2.70. The number of methoxy groups -OCH3 is 2. The number of likely N-dealkylation sites (N-methyl/N-ethyl adjacent to an activating group) is 1. The summed E-state index contributed by atoms with van der Waals surface area (Å²) in [6, 6.07) is 16.3. The van der Waals surface area contributed by atoms with E-state index in [1.165, 1.54) is 0 Å². The van der Waals surface area contributed by atoms with Crippen LogP contribution in [0.2, 0.25) is 0 Å². The summed E-state index contributed by atoms with van der Waals surface area (Å²) in [5.41, 5.74) is 2.17. The summed E-state index contributed by atoms with van der Waals surface area (Å²) in [7, 11) is 5.49. The van der Waals surface area contributed by atoms with Crippen molar-refractivity contribution in [3.8, 4) is 23.3 Å². The van der Waals surface area contributed by atoms with Crippen molar-refractivity contribution in [2.45, 2.75) is 6.04 Å². The standard InChI is InChI=1S/C22H26N2O2/c1-23-13-15-24(16-14-23)20(11-9-18-7-5-4-6-8-18)19-10-12-21(25-2)22(17-19)26-3/h4-8,10,12,17,20H,13-16H2,1-3H3. The Labute approximate surface area is 156 Å². The first-order valence-electron chi connectivity index (χ1n) is 8.92. The molecule has 136 valence electrons. The quantitative estimate of drug-likeness (QED) is 0.792. The number of piperazine rings is 1. The maximum absolute atomic E-state index is 5.49. The molecule has 0 bridgehead atoms. The average molecular weight is 350 g/mol. The Hall–Kier alpha value is -2.48. The molecule has 1 fully saturated rings. The maximum atomic E-state index is 5.49. The normalized spacial score (nSPS) is 16.4. The lowest BCUT2D eigenvalue weighted by molar-refractivity contribution is 0.133. The second kappa shape index (κ2) is 8.75. The minimum absolute atomic E-state index is 0.0312. The Morgan fingerprint density at radius 1 is 0.885 bits per heavy atom. The lowest BCUT2D eigenvalue weighted by atomic mass is 10.0. The molecule has 3 rings (SSSR count). The molecule has 0 aromatic heterocycles. The van der Waals surface area contributed by atoms with Gasteiger partial charge in [-0.1, -0.05) is 36.1 Å². The highest BCUT2D eigenvalue weighted by atomic mass is 16.5. The molecule has 4 heteroatoms. The van der Waals surface area contributed by atoms with Crippen molar-refractivity contribution in [3.63, 3.8) is 0 Å². The van der Waals surface area contributed by atoms with Crippen LogP contribution >= 0.6 is 0 Å². The van der Waals surface area contributed by atoms with Gasteiger partial charge in [-0.3, -0.25) is 4.90 Å². The molecular weight excluding hydrogens is 324 g/mol. The van der Waals surface area contributed by atoms with Crippen LogP contribution in [0.5, 0.6) is 11.5 Å². The number of hydrogen-bond acceptors (Lipinski definition) is 4. The van der Waals surface area contributed by atoms with Crippen molar-refractivity contribution in [2.24, 2.45) is 0 Å². The molecule has 0 aliphatic carbocycles. The molecule has 0 saturated carbocycles. The zero-order valence-corrected chi connectivity index (χ0v) is 15.7. The van der Waals surface area contributed by atoms with Crippen molar-refractivity contribution < 1.29 is 9.47 Å². The number of ether oxygens (including phenoxy) is 2. The van der Waals surface area contributed by atoms with E-state index >= 15 is 0 Å². The van der Waals surface area contributed by atoms with Gasteiger partial charge in [0.05, 0.1) is 20.3 Å². The SMILES string of the molecule is COc1ccc(C(C#Cc2ccccc2)N2CCN(C)CC2)cc1OC. The van der Waals surface area contributed by atoms with E-state index in [4.69, 9.17) is 9.47 Å². The molecule has 1 unspecified atom stereocenters. The lowest BCUT2D eigenvalue weighted by Crippen LogP contribution is -2.45. The maximum Gasteiger partial charge on any atom is 0.161 e. The van der Waals surface area contributed by atoms with Gasteiger partial charge in [0.2, 0.25) is 0 Å². The first-order chi connectivity index (χ1) is 12.7. The molecule has 1 atom stereocenters. The summed E-state index contributed by atoms with van der Waals surface area (Å²) in [6.07, 6.45) is 0. The van der Waals surface area contributed by atoms with Gasteiger partial charge in [0.25, 0.3) is 0 Å². The summed E-state index contributed by atoms with van der Waals surface area (Å²) in [6.45, 7) is 4.10. The predicted octanol–water partition coefficient (Wildman–Crippen LogP) is 3.04. The van der Waals surface area contributed by atoms with Crippen molar-refractivity contribution >= 4 is 0 Å². The van der Waals surface area contributed by atoms with E-state index in [2.05, 4.69) is 34.8 Å². The van der Waals surface area contributed by atoms with Crippen LogP contribution in [0.25, 0.3) is 0 Å². The fourth-order valence-electron chi connectivity index (χ4n) is 3.16. The summed E-state index contributed by atoms with van der Waals surface area (Å²) in [5.74, 6) is 8.31. The Morgan fingerprint density at radius 2 is 1.58 bits per heavy atom. The summed E-state index contributed by atoms with van der Waals surface area (Å²) in [4.78, 5) is 4.80. The van der Waals surface area contributed by atoms with E-state index in [-0.39, 0.29) is 6.04 Å². The van der Waals surface area contributed by atoms with Crippen LogP contribution in [0.1, 0.15) is 17.2 Å². The van der Waals surface area contributed by atoms with Gasteiger partial charge in [-0.2, -0.15) is 0 Å². The topological polar surface area (TPSA) is 24.9 Å². The van der Waals surface area contributed by atoms with E-state index in [0.29, 0.717) is 0 Å². The van der Waals surface area contributed by atoms with Crippen molar-refractivity contribution in [1.29, 1.82) is 0 Å². The highest BCUT2D eigenvalue weighted by molar-refractivity contribution is 5.46. The molecule has 1 aliphatic heterocycles. The van der Waals surface area contributed by atoms with Crippen molar-refractivity contribution in [1.82, 2.24) is 9.80 Å². The molecule has 0 N–H and O–H groups in total. The van der Waals surface area contributed by atoms with Crippen LogP contribution in [-0.4, -0.2) is 57.2 Å². The first kappa shape index (κ1) is 18.3. The van der Waals surface area contributed by atoms with Gasteiger partial charge >= 0.3 is 0 Å². The molecule has 26 heavy (non-hydrogen) atoms. The van der Waals surface area contributed by atoms with E-state index in [0.717, 1.165) is 48.8 Å². The smallest absolute Gasteiger partial charge is 0.161 e. The molecule has 0 spiro atoms. The molecule has 2 aromatic carbocycles. The van der Waals surface area contributed by atoms with Gasteiger partial charge in [-0.25, -0.2) is 0 Å². The Bertz CT molecular complexity index is 772. The van der Waals surface area contributed by atoms with Gasteiger partial charge in [0.1, 0.15) is 0 Å². The van der Waals surface area contributed by atoms with Crippen molar-refractivity contribution in [2.75, 3.05) is 47.4 Å². The number of hydrogen-bond donors (Lipinski definition) is 0. The van der Waals surface area contributed by atoms with Crippen LogP contribution in [0, 0.1) is 11.8 Å². The number of rotatable bonds is 4. The minimum Gasteiger partial charge on any atom is -0.493 e. The van der Waals surface area contributed by atoms with Gasteiger partial charge in [-0.15, -0.1) is 0 Å². The number of nitrogens with zero attached hydrogens (tertiary/aromatic N) is 2. The molecule has 1 saturated heterocycles. The van der Waals surface area contributed by atoms with Crippen LogP contribution in [-0.2, 0) is 0 Å². The second-order valence-corrected chi connectivity index (χ2v) is 6.49. The van der Waals surface area contributed by atoms with Gasteiger partial charge in [0.15, 0.2) is 11.5 Å². The Kier molecular flexibility index (Phi) is 6.17. The Morgan fingerprint density at radius 3 is 2.23 bits per heavy atom. The van der Waals surface area contributed by atoms with Crippen LogP contribution in [0.3, 0.4) is 0 Å².